The van der Waals surface area contributed by atoms with E-state index in [1.807, 2.05) is 18.2 Å². The van der Waals surface area contributed by atoms with Crippen LogP contribution >= 0.6 is 66.4 Å². The molecule has 0 amide bonds. The highest BCUT2D eigenvalue weighted by atomic mass is 79.9. The van der Waals surface area contributed by atoms with Crippen LogP contribution in [-0.2, 0) is 0 Å². The minimum atomic E-state index is 0.123. The molecule has 1 aromatic carbocycles. The molecule has 0 aliphatic heterocycles. The second-order valence-electron chi connectivity index (χ2n) is 4.33. The van der Waals surface area contributed by atoms with Crippen LogP contribution in [0.2, 0.25) is 10.0 Å². The van der Waals surface area contributed by atoms with Gasteiger partial charge < -0.3 is 5.32 Å². The molecule has 2 rings (SSSR count). The molecule has 1 atom stereocenters. The summed E-state index contributed by atoms with van der Waals surface area (Å²) in [5.74, 6) is 0. The quantitative estimate of drug-likeness (QED) is 0.528. The normalized spacial score (nSPS) is 12.7. The first kappa shape index (κ1) is 16.8. The lowest BCUT2D eigenvalue weighted by molar-refractivity contribution is 0.606. The Morgan fingerprint density at radius 1 is 1.20 bits per heavy atom. The molecule has 20 heavy (non-hydrogen) atoms. The van der Waals surface area contributed by atoms with Crippen molar-refractivity contribution in [3.05, 3.63) is 53.0 Å². The van der Waals surface area contributed by atoms with E-state index in [0.717, 1.165) is 26.8 Å². The fourth-order valence-corrected chi connectivity index (χ4v) is 4.37. The first-order valence-electron chi connectivity index (χ1n) is 6.16. The molecule has 0 bridgehead atoms. The first-order chi connectivity index (χ1) is 9.52. The number of benzene rings is 1. The molecule has 0 aliphatic carbocycles. The van der Waals surface area contributed by atoms with Gasteiger partial charge in [0.1, 0.15) is 0 Å². The molecule has 0 saturated heterocycles. The van der Waals surface area contributed by atoms with E-state index in [4.69, 9.17) is 23.2 Å². The summed E-state index contributed by atoms with van der Waals surface area (Å²) in [4.78, 5) is 1.23. The van der Waals surface area contributed by atoms with E-state index >= 15 is 0 Å². The van der Waals surface area contributed by atoms with Crippen molar-refractivity contribution in [1.29, 1.82) is 0 Å². The van der Waals surface area contributed by atoms with Gasteiger partial charge in [0.25, 0.3) is 0 Å². The third-order valence-corrected chi connectivity index (χ3v) is 6.88. The Labute approximate surface area is 149 Å². The summed E-state index contributed by atoms with van der Waals surface area (Å²) < 4.78 is 2.16. The average molecular weight is 458 g/mol. The zero-order valence-electron chi connectivity index (χ0n) is 10.7. The maximum atomic E-state index is 6.14. The van der Waals surface area contributed by atoms with E-state index in [2.05, 4.69) is 50.2 Å². The predicted octanol–water partition coefficient (Wildman–Crippen LogP) is 6.67. The maximum Gasteiger partial charge on any atom is 0.0843 e. The van der Waals surface area contributed by atoms with Crippen molar-refractivity contribution in [2.24, 2.45) is 0 Å². The molecular formula is C14H13Br2Cl2NS. The Hall–Kier alpha value is 0.420. The molecular weight excluding hydrogens is 445 g/mol. The summed E-state index contributed by atoms with van der Waals surface area (Å²) in [6, 6.07) is 8.04. The van der Waals surface area contributed by atoms with Crippen molar-refractivity contribution in [3.63, 3.8) is 0 Å². The van der Waals surface area contributed by atoms with Crippen LogP contribution in [0.1, 0.15) is 29.8 Å². The third-order valence-electron chi connectivity index (χ3n) is 2.82. The highest BCUT2D eigenvalue weighted by Crippen LogP contribution is 2.38. The number of halogens is 4. The Balaban J connectivity index is 2.38. The van der Waals surface area contributed by atoms with Gasteiger partial charge in [-0.05, 0) is 68.6 Å². The minimum absolute atomic E-state index is 0.123. The van der Waals surface area contributed by atoms with E-state index in [9.17, 15) is 0 Å². The summed E-state index contributed by atoms with van der Waals surface area (Å²) in [6.45, 7) is 3.09. The van der Waals surface area contributed by atoms with Gasteiger partial charge in [-0.25, -0.2) is 0 Å². The molecule has 0 fully saturated rings. The zero-order chi connectivity index (χ0) is 14.7. The molecule has 6 heteroatoms. The summed E-state index contributed by atoms with van der Waals surface area (Å²) >= 11 is 20.9. The minimum Gasteiger partial charge on any atom is -0.306 e. The van der Waals surface area contributed by atoms with Gasteiger partial charge in [-0.3, -0.25) is 0 Å². The van der Waals surface area contributed by atoms with Crippen LogP contribution in [0.5, 0.6) is 0 Å². The van der Waals surface area contributed by atoms with E-state index in [1.165, 1.54) is 4.88 Å². The third kappa shape index (κ3) is 3.99. The number of nitrogens with one attached hydrogen (secondary N) is 1. The van der Waals surface area contributed by atoms with Crippen molar-refractivity contribution in [2.45, 2.75) is 19.4 Å². The molecule has 1 aromatic heterocycles. The standard InChI is InChI=1S/C14H13Br2Cl2NS/c1-2-5-19-13(12-7-9(15)14(16)20-12)8-3-4-10(17)11(18)6-8/h3-4,6-7,13,19H,2,5H2,1H3. The second-order valence-corrected chi connectivity index (χ2v) is 8.40. The summed E-state index contributed by atoms with van der Waals surface area (Å²) in [5, 5.41) is 4.72. The fraction of sp³-hybridized carbons (Fsp3) is 0.286. The molecule has 1 heterocycles. The molecule has 0 saturated carbocycles. The molecule has 2 aromatic rings. The predicted molar refractivity (Wildman–Crippen MR) is 96.3 cm³/mol. The van der Waals surface area contributed by atoms with Crippen molar-refractivity contribution in [3.8, 4) is 0 Å². The largest absolute Gasteiger partial charge is 0.306 e. The average Bonchev–Trinajstić information content (AvgIpc) is 2.74. The zero-order valence-corrected chi connectivity index (χ0v) is 16.2. The van der Waals surface area contributed by atoms with Crippen LogP contribution in [-0.4, -0.2) is 6.54 Å². The Morgan fingerprint density at radius 2 is 1.95 bits per heavy atom. The Kier molecular flexibility index (Phi) is 6.39. The van der Waals surface area contributed by atoms with E-state index in [1.54, 1.807) is 11.3 Å². The van der Waals surface area contributed by atoms with E-state index < -0.39 is 0 Å². The lowest BCUT2D eigenvalue weighted by Gasteiger charge is -2.18. The van der Waals surface area contributed by atoms with Gasteiger partial charge in [0, 0.05) is 9.35 Å². The van der Waals surface area contributed by atoms with Gasteiger partial charge >= 0.3 is 0 Å². The number of hydrogen-bond donors (Lipinski definition) is 1. The molecule has 1 N–H and O–H groups in total. The van der Waals surface area contributed by atoms with Crippen LogP contribution in [0.25, 0.3) is 0 Å². The molecule has 0 spiro atoms. The van der Waals surface area contributed by atoms with Gasteiger partial charge in [0.2, 0.25) is 0 Å². The highest BCUT2D eigenvalue weighted by Gasteiger charge is 2.18. The van der Waals surface area contributed by atoms with Gasteiger partial charge in [-0.1, -0.05) is 36.2 Å². The highest BCUT2D eigenvalue weighted by molar-refractivity contribution is 9.13. The van der Waals surface area contributed by atoms with Gasteiger partial charge in [0.05, 0.1) is 19.9 Å². The summed E-state index contributed by atoms with van der Waals surface area (Å²) in [6.07, 6.45) is 1.07. The Morgan fingerprint density at radius 3 is 2.50 bits per heavy atom. The summed E-state index contributed by atoms with van der Waals surface area (Å²) in [5.41, 5.74) is 1.12. The van der Waals surface area contributed by atoms with Crippen LogP contribution in [0.15, 0.2) is 32.5 Å². The van der Waals surface area contributed by atoms with Crippen LogP contribution in [0.3, 0.4) is 0 Å². The van der Waals surface area contributed by atoms with E-state index in [0.29, 0.717) is 10.0 Å². The molecule has 1 nitrogen and oxygen atoms in total. The monoisotopic (exact) mass is 455 g/mol. The van der Waals surface area contributed by atoms with Crippen LogP contribution in [0, 0.1) is 0 Å². The van der Waals surface area contributed by atoms with Crippen molar-refractivity contribution in [2.75, 3.05) is 6.54 Å². The lowest BCUT2D eigenvalue weighted by Crippen LogP contribution is -2.22. The topological polar surface area (TPSA) is 12.0 Å². The van der Waals surface area contributed by atoms with Gasteiger partial charge in [0.15, 0.2) is 0 Å². The molecule has 1 unspecified atom stereocenters. The lowest BCUT2D eigenvalue weighted by atomic mass is 10.1. The van der Waals surface area contributed by atoms with Crippen LogP contribution in [0.4, 0.5) is 0 Å². The number of hydrogen-bond acceptors (Lipinski definition) is 2. The molecule has 0 radical (unpaired) electrons. The van der Waals surface area contributed by atoms with Gasteiger partial charge in [-0.15, -0.1) is 11.3 Å². The van der Waals surface area contributed by atoms with Crippen molar-refractivity contribution < 1.29 is 0 Å². The maximum absolute atomic E-state index is 6.14. The Bertz CT molecular complexity index is 581. The second kappa shape index (κ2) is 7.61. The molecule has 108 valence electrons. The van der Waals surface area contributed by atoms with Gasteiger partial charge in [-0.2, -0.15) is 0 Å². The van der Waals surface area contributed by atoms with Crippen LogP contribution < -0.4 is 5.32 Å². The fourth-order valence-electron chi connectivity index (χ4n) is 1.87. The smallest absolute Gasteiger partial charge is 0.0843 e. The molecule has 0 aliphatic rings. The van der Waals surface area contributed by atoms with Crippen molar-refractivity contribution >= 4 is 66.4 Å². The number of rotatable bonds is 5. The van der Waals surface area contributed by atoms with Crippen molar-refractivity contribution in [1.82, 2.24) is 5.32 Å². The SMILES string of the molecule is CCCNC(c1ccc(Cl)c(Cl)c1)c1cc(Br)c(Br)s1. The van der Waals surface area contributed by atoms with E-state index in [-0.39, 0.29) is 6.04 Å². The summed E-state index contributed by atoms with van der Waals surface area (Å²) in [7, 11) is 0. The number of thiophene rings is 1. The first-order valence-corrected chi connectivity index (χ1v) is 9.31.